The third-order valence-electron chi connectivity index (χ3n) is 2.84. The van der Waals surface area contributed by atoms with Gasteiger partial charge in [0.05, 0.1) is 5.56 Å². The van der Waals surface area contributed by atoms with Crippen LogP contribution in [0.5, 0.6) is 5.75 Å². The molecule has 21 heavy (non-hydrogen) atoms. The molecular weight excluding hydrogens is 268 g/mol. The Balaban J connectivity index is 3.03. The summed E-state index contributed by atoms with van der Waals surface area (Å²) < 4.78 is 5.36. The molecule has 0 saturated heterocycles. The van der Waals surface area contributed by atoms with Crippen LogP contribution in [-0.2, 0) is 11.2 Å². The minimum atomic E-state index is -0.992. The van der Waals surface area contributed by atoms with E-state index in [0.29, 0.717) is 24.2 Å². The van der Waals surface area contributed by atoms with Gasteiger partial charge in [0.1, 0.15) is 5.75 Å². The minimum Gasteiger partial charge on any atom is -0.478 e. The largest absolute Gasteiger partial charge is 0.478 e. The van der Waals surface area contributed by atoms with Crippen LogP contribution in [0.25, 0.3) is 0 Å². The van der Waals surface area contributed by atoms with Crippen LogP contribution in [0.2, 0.25) is 0 Å². The van der Waals surface area contributed by atoms with Crippen LogP contribution in [0.4, 0.5) is 0 Å². The molecule has 0 aliphatic carbocycles. The molecule has 114 valence electrons. The van der Waals surface area contributed by atoms with E-state index in [1.165, 1.54) is 6.07 Å². The van der Waals surface area contributed by atoms with Crippen molar-refractivity contribution in [2.75, 3.05) is 0 Å². The topological polar surface area (TPSA) is 63.6 Å². The van der Waals surface area contributed by atoms with Gasteiger partial charge in [0.2, 0.25) is 0 Å². The van der Waals surface area contributed by atoms with E-state index in [0.717, 1.165) is 5.57 Å². The Kier molecular flexibility index (Phi) is 6.15. The van der Waals surface area contributed by atoms with Gasteiger partial charge >= 0.3 is 11.9 Å². The lowest BCUT2D eigenvalue weighted by atomic mass is 10.1. The Hall–Kier alpha value is -2.10. The van der Waals surface area contributed by atoms with Crippen LogP contribution in [0, 0.1) is 5.92 Å². The maximum Gasteiger partial charge on any atom is 0.335 e. The van der Waals surface area contributed by atoms with Crippen LogP contribution in [0.15, 0.2) is 29.8 Å². The molecule has 1 aromatic carbocycles. The molecule has 0 unspecified atom stereocenters. The van der Waals surface area contributed by atoms with Gasteiger partial charge in [-0.25, -0.2) is 4.79 Å². The van der Waals surface area contributed by atoms with Gasteiger partial charge in [-0.05, 0) is 49.9 Å². The Bertz CT molecular complexity index is 552. The molecule has 0 spiro atoms. The summed E-state index contributed by atoms with van der Waals surface area (Å²) in [5.41, 5.74) is 2.01. The predicted octanol–water partition coefficient (Wildman–Crippen LogP) is 3.85. The molecule has 0 aliphatic rings. The summed E-state index contributed by atoms with van der Waals surface area (Å²) >= 11 is 0. The number of aromatic carboxylic acids is 1. The highest BCUT2D eigenvalue weighted by Crippen LogP contribution is 2.23. The van der Waals surface area contributed by atoms with Crippen molar-refractivity contribution in [1.82, 2.24) is 0 Å². The lowest BCUT2D eigenvalue weighted by Crippen LogP contribution is -2.12. The molecule has 1 N–H and O–H groups in total. The van der Waals surface area contributed by atoms with Crippen molar-refractivity contribution in [3.8, 4) is 5.75 Å². The first kappa shape index (κ1) is 17.0. The number of esters is 1. The molecule has 0 radical (unpaired) electrons. The third kappa shape index (κ3) is 5.81. The van der Waals surface area contributed by atoms with Crippen molar-refractivity contribution in [2.45, 2.75) is 40.5 Å². The van der Waals surface area contributed by atoms with Crippen molar-refractivity contribution in [1.29, 1.82) is 0 Å². The molecule has 0 heterocycles. The number of carboxylic acids is 1. The molecule has 4 heteroatoms. The second kappa shape index (κ2) is 7.62. The van der Waals surface area contributed by atoms with E-state index in [-0.39, 0.29) is 17.5 Å². The van der Waals surface area contributed by atoms with Crippen LogP contribution in [0.3, 0.4) is 0 Å². The lowest BCUT2D eigenvalue weighted by molar-refractivity contribution is -0.135. The summed E-state index contributed by atoms with van der Waals surface area (Å²) in [6.07, 6.45) is 2.84. The average molecular weight is 290 g/mol. The molecule has 1 aromatic rings. The first-order valence-electron chi connectivity index (χ1n) is 7.00. The van der Waals surface area contributed by atoms with Crippen molar-refractivity contribution in [3.63, 3.8) is 0 Å². The van der Waals surface area contributed by atoms with Gasteiger partial charge in [0, 0.05) is 6.42 Å². The molecular formula is C17H22O4. The Morgan fingerprint density at radius 1 is 1.29 bits per heavy atom. The number of ether oxygens (including phenoxy) is 1. The number of hydrogen-bond acceptors (Lipinski definition) is 3. The highest BCUT2D eigenvalue weighted by molar-refractivity contribution is 5.88. The summed E-state index contributed by atoms with van der Waals surface area (Å²) in [7, 11) is 0. The number of carbonyl (C=O) groups excluding carboxylic acids is 1. The molecule has 1 rings (SSSR count). The fourth-order valence-corrected chi connectivity index (χ4v) is 1.78. The number of carboxylic acid groups (broad SMARTS) is 1. The summed E-state index contributed by atoms with van der Waals surface area (Å²) in [4.78, 5) is 22.8. The van der Waals surface area contributed by atoms with Gasteiger partial charge in [-0.1, -0.05) is 25.5 Å². The quantitative estimate of drug-likeness (QED) is 0.491. The van der Waals surface area contributed by atoms with Crippen LogP contribution >= 0.6 is 0 Å². The van der Waals surface area contributed by atoms with Crippen LogP contribution in [-0.4, -0.2) is 17.0 Å². The summed E-state index contributed by atoms with van der Waals surface area (Å²) in [5, 5.41) is 9.06. The number of hydrogen-bond donors (Lipinski definition) is 1. The summed E-state index contributed by atoms with van der Waals surface area (Å²) in [6, 6.07) is 4.56. The van der Waals surface area contributed by atoms with Crippen LogP contribution in [0.1, 0.15) is 50.0 Å². The monoisotopic (exact) mass is 290 g/mol. The molecule has 0 saturated carbocycles. The smallest absolute Gasteiger partial charge is 0.335 e. The lowest BCUT2D eigenvalue weighted by Gasteiger charge is -2.11. The van der Waals surface area contributed by atoms with Gasteiger partial charge in [-0.3, -0.25) is 4.79 Å². The maximum absolute atomic E-state index is 11.8. The molecule has 0 fully saturated rings. The SMILES string of the molecule is CC(C)=CCc1cc(C(=O)O)ccc1OC(=O)CC(C)C. The van der Waals surface area contributed by atoms with Gasteiger partial charge in [0.15, 0.2) is 0 Å². The van der Waals surface area contributed by atoms with Crippen molar-refractivity contribution < 1.29 is 19.4 Å². The number of benzene rings is 1. The van der Waals surface area contributed by atoms with E-state index >= 15 is 0 Å². The van der Waals surface area contributed by atoms with E-state index in [2.05, 4.69) is 0 Å². The average Bonchev–Trinajstić information content (AvgIpc) is 2.36. The van der Waals surface area contributed by atoms with E-state index in [1.807, 2.05) is 33.8 Å². The van der Waals surface area contributed by atoms with Gasteiger partial charge in [-0.2, -0.15) is 0 Å². The highest BCUT2D eigenvalue weighted by atomic mass is 16.5. The molecule has 0 bridgehead atoms. The Labute approximate surface area is 125 Å². The van der Waals surface area contributed by atoms with E-state index in [1.54, 1.807) is 12.1 Å². The first-order valence-corrected chi connectivity index (χ1v) is 7.00. The Morgan fingerprint density at radius 3 is 2.48 bits per heavy atom. The van der Waals surface area contributed by atoms with E-state index < -0.39 is 5.97 Å². The zero-order valence-electron chi connectivity index (χ0n) is 13.0. The fourth-order valence-electron chi connectivity index (χ4n) is 1.78. The predicted molar refractivity (Wildman–Crippen MR) is 81.6 cm³/mol. The van der Waals surface area contributed by atoms with Crippen molar-refractivity contribution in [3.05, 3.63) is 41.0 Å². The van der Waals surface area contributed by atoms with Crippen LogP contribution < -0.4 is 4.74 Å². The summed E-state index contributed by atoms with van der Waals surface area (Å²) in [5.74, 6) is -0.639. The normalized spacial score (nSPS) is 10.3. The molecule has 0 aliphatic heterocycles. The van der Waals surface area contributed by atoms with Gasteiger partial charge in [-0.15, -0.1) is 0 Å². The van der Waals surface area contributed by atoms with Gasteiger partial charge < -0.3 is 9.84 Å². The second-order valence-electron chi connectivity index (χ2n) is 5.69. The number of allylic oxidation sites excluding steroid dienone is 2. The second-order valence-corrected chi connectivity index (χ2v) is 5.69. The fraction of sp³-hybridized carbons (Fsp3) is 0.412. The summed E-state index contributed by atoms with van der Waals surface area (Å²) in [6.45, 7) is 7.81. The zero-order valence-corrected chi connectivity index (χ0v) is 13.0. The first-order chi connectivity index (χ1) is 9.79. The van der Waals surface area contributed by atoms with E-state index in [4.69, 9.17) is 9.84 Å². The molecule has 0 atom stereocenters. The molecule has 0 amide bonds. The number of rotatable bonds is 6. The maximum atomic E-state index is 11.8. The van der Waals surface area contributed by atoms with Crippen molar-refractivity contribution >= 4 is 11.9 Å². The van der Waals surface area contributed by atoms with Crippen molar-refractivity contribution in [2.24, 2.45) is 5.92 Å². The Morgan fingerprint density at radius 2 is 1.95 bits per heavy atom. The standard InChI is InChI=1S/C17H22O4/c1-11(2)5-6-13-10-14(17(19)20)7-8-15(13)21-16(18)9-12(3)4/h5,7-8,10,12H,6,9H2,1-4H3,(H,19,20). The van der Waals surface area contributed by atoms with Gasteiger partial charge in [0.25, 0.3) is 0 Å². The third-order valence-corrected chi connectivity index (χ3v) is 2.84. The van der Waals surface area contributed by atoms with E-state index in [9.17, 15) is 9.59 Å². The minimum absolute atomic E-state index is 0.191. The highest BCUT2D eigenvalue weighted by Gasteiger charge is 2.13. The number of carbonyl (C=O) groups is 2. The molecule has 4 nitrogen and oxygen atoms in total. The molecule has 0 aromatic heterocycles. The zero-order chi connectivity index (χ0) is 16.0.